The lowest BCUT2D eigenvalue weighted by Crippen LogP contribution is -2.25. The molecule has 0 fully saturated rings. The Morgan fingerprint density at radius 3 is 2.21 bits per heavy atom. The second-order valence-corrected chi connectivity index (χ2v) is 6.75. The highest BCUT2D eigenvalue weighted by molar-refractivity contribution is 5.90. The molecule has 0 aromatic heterocycles. The van der Waals surface area contributed by atoms with Gasteiger partial charge in [0.1, 0.15) is 17.1 Å². The van der Waals surface area contributed by atoms with Crippen LogP contribution in [0.25, 0.3) is 0 Å². The molecule has 0 radical (unpaired) electrons. The number of aromatic carboxylic acids is 1. The fourth-order valence-electron chi connectivity index (χ4n) is 2.72. The molecule has 150 valence electrons. The van der Waals surface area contributed by atoms with Gasteiger partial charge in [-0.1, -0.05) is 24.3 Å². The zero-order valence-electron chi connectivity index (χ0n) is 16.6. The van der Waals surface area contributed by atoms with Gasteiger partial charge >= 0.3 is 12.1 Å². The van der Waals surface area contributed by atoms with Crippen molar-refractivity contribution in [1.82, 2.24) is 9.80 Å². The number of hydrogen-bond acceptors (Lipinski definition) is 5. The number of ether oxygens (including phenoxy) is 2. The number of carboxylic acid groups (broad SMARTS) is 1. The molecule has 0 aliphatic rings. The lowest BCUT2D eigenvalue weighted by Gasteiger charge is -2.25. The van der Waals surface area contributed by atoms with E-state index in [2.05, 4.69) is 4.90 Å². The number of hydrogen-bond donors (Lipinski definition) is 1. The van der Waals surface area contributed by atoms with Gasteiger partial charge in [-0.2, -0.15) is 0 Å². The van der Waals surface area contributed by atoms with Crippen LogP contribution in [0.3, 0.4) is 0 Å². The average Bonchev–Trinajstić information content (AvgIpc) is 2.66. The summed E-state index contributed by atoms with van der Waals surface area (Å²) >= 11 is 0. The molecular weight excluding hydrogens is 360 g/mol. The molecule has 2 rings (SSSR count). The molecule has 7 heteroatoms. The van der Waals surface area contributed by atoms with Crippen molar-refractivity contribution in [2.75, 3.05) is 34.8 Å². The number of benzene rings is 2. The first kappa shape index (κ1) is 21.2. The number of carbonyl (C=O) groups is 2. The first-order valence-corrected chi connectivity index (χ1v) is 8.90. The van der Waals surface area contributed by atoms with Crippen LogP contribution in [-0.2, 0) is 0 Å². The Bertz CT molecular complexity index is 803. The van der Waals surface area contributed by atoms with Crippen molar-refractivity contribution in [3.8, 4) is 11.5 Å². The fourth-order valence-corrected chi connectivity index (χ4v) is 2.72. The molecule has 1 amide bonds. The van der Waals surface area contributed by atoms with E-state index in [1.54, 1.807) is 44.4 Å². The molecule has 0 saturated heterocycles. The molecule has 0 saturated carbocycles. The predicted octanol–water partition coefficient (Wildman–Crippen LogP) is 3.52. The summed E-state index contributed by atoms with van der Waals surface area (Å²) in [6.07, 6.45) is 0.236. The summed E-state index contributed by atoms with van der Waals surface area (Å²) in [5.41, 5.74) is 1.20. The van der Waals surface area contributed by atoms with Crippen molar-refractivity contribution in [3.05, 3.63) is 59.7 Å². The number of amides is 1. The summed E-state index contributed by atoms with van der Waals surface area (Å²) in [5, 5.41) is 9.24. The third kappa shape index (κ3) is 5.72. The lowest BCUT2D eigenvalue weighted by atomic mass is 10.0. The Labute approximate surface area is 165 Å². The van der Waals surface area contributed by atoms with E-state index in [0.717, 1.165) is 5.56 Å². The van der Waals surface area contributed by atoms with Gasteiger partial charge < -0.3 is 24.4 Å². The minimum absolute atomic E-state index is 0.0654. The van der Waals surface area contributed by atoms with Gasteiger partial charge in [0.25, 0.3) is 0 Å². The van der Waals surface area contributed by atoms with Crippen LogP contribution in [0.4, 0.5) is 4.79 Å². The van der Waals surface area contributed by atoms with E-state index in [-0.39, 0.29) is 11.6 Å². The second kappa shape index (κ2) is 9.75. The summed E-state index contributed by atoms with van der Waals surface area (Å²) in [4.78, 5) is 26.3. The molecule has 7 nitrogen and oxygen atoms in total. The number of rotatable bonds is 8. The average molecular weight is 386 g/mol. The van der Waals surface area contributed by atoms with Gasteiger partial charge in [0.15, 0.2) is 0 Å². The Hall–Kier alpha value is -3.06. The minimum Gasteiger partial charge on any atom is -0.493 e. The monoisotopic (exact) mass is 386 g/mol. The zero-order valence-corrected chi connectivity index (χ0v) is 16.6. The molecule has 1 N–H and O–H groups in total. The van der Waals surface area contributed by atoms with Crippen LogP contribution < -0.4 is 9.47 Å². The summed E-state index contributed by atoms with van der Waals surface area (Å²) in [6, 6.07) is 14.0. The maximum Gasteiger partial charge on any atom is 0.414 e. The highest BCUT2D eigenvalue weighted by Crippen LogP contribution is 2.26. The maximum atomic E-state index is 11.6. The van der Waals surface area contributed by atoms with E-state index in [1.165, 1.54) is 11.0 Å². The van der Waals surface area contributed by atoms with Crippen LogP contribution in [0, 0.1) is 0 Å². The topological polar surface area (TPSA) is 79.3 Å². The third-order valence-electron chi connectivity index (χ3n) is 4.22. The van der Waals surface area contributed by atoms with Gasteiger partial charge in [0.05, 0.1) is 6.61 Å². The summed E-state index contributed by atoms with van der Waals surface area (Å²) in [5.74, 6) is -0.173. The van der Waals surface area contributed by atoms with Crippen molar-refractivity contribution in [1.29, 1.82) is 0 Å². The van der Waals surface area contributed by atoms with E-state index < -0.39 is 12.1 Å². The van der Waals surface area contributed by atoms with Crippen LogP contribution >= 0.6 is 0 Å². The smallest absolute Gasteiger partial charge is 0.414 e. The molecule has 28 heavy (non-hydrogen) atoms. The second-order valence-electron chi connectivity index (χ2n) is 6.75. The van der Waals surface area contributed by atoms with Crippen molar-refractivity contribution in [2.45, 2.75) is 12.5 Å². The van der Waals surface area contributed by atoms with Gasteiger partial charge in [-0.25, -0.2) is 9.59 Å². The number of para-hydroxylation sites is 1. The normalized spacial score (nSPS) is 11.8. The highest BCUT2D eigenvalue weighted by atomic mass is 16.6. The van der Waals surface area contributed by atoms with E-state index in [0.29, 0.717) is 24.5 Å². The van der Waals surface area contributed by atoms with E-state index in [4.69, 9.17) is 9.47 Å². The van der Waals surface area contributed by atoms with Gasteiger partial charge in [0, 0.05) is 26.6 Å². The summed E-state index contributed by atoms with van der Waals surface area (Å²) in [7, 11) is 7.19. The molecule has 0 aliphatic carbocycles. The molecule has 0 heterocycles. The van der Waals surface area contributed by atoms with E-state index in [1.807, 2.05) is 26.2 Å². The quantitative estimate of drug-likeness (QED) is 0.748. The van der Waals surface area contributed by atoms with Crippen molar-refractivity contribution < 1.29 is 24.2 Å². The number of carboxylic acids is 1. The molecule has 1 unspecified atom stereocenters. The predicted molar refractivity (Wildman–Crippen MR) is 106 cm³/mol. The number of nitrogens with zero attached hydrogens (tertiary/aromatic N) is 2. The minimum atomic E-state index is -1.01. The van der Waals surface area contributed by atoms with E-state index in [9.17, 15) is 14.7 Å². The van der Waals surface area contributed by atoms with E-state index >= 15 is 0 Å². The molecule has 0 aliphatic heterocycles. The van der Waals surface area contributed by atoms with Gasteiger partial charge in [-0.15, -0.1) is 0 Å². The summed E-state index contributed by atoms with van der Waals surface area (Å²) < 4.78 is 11.0. The van der Waals surface area contributed by atoms with Gasteiger partial charge in [0.2, 0.25) is 0 Å². The van der Waals surface area contributed by atoms with Gasteiger partial charge in [-0.05, 0) is 43.9 Å². The highest BCUT2D eigenvalue weighted by Gasteiger charge is 2.16. The SMILES string of the molecule is CN(C)C(=O)Oc1ccc(C(CCOc2ccccc2C(=O)O)N(C)C)cc1. The first-order chi connectivity index (χ1) is 13.3. The van der Waals surface area contributed by atoms with Crippen molar-refractivity contribution in [3.63, 3.8) is 0 Å². The molecule has 2 aromatic rings. The van der Waals surface area contributed by atoms with Gasteiger partial charge in [-0.3, -0.25) is 0 Å². The Kier molecular flexibility index (Phi) is 7.40. The van der Waals surface area contributed by atoms with Crippen LogP contribution in [0.1, 0.15) is 28.4 Å². The standard InChI is InChI=1S/C21H26N2O5/c1-22(2)18(13-14-27-19-8-6-5-7-17(19)20(24)25)15-9-11-16(12-10-15)28-21(26)23(3)4/h5-12,18H,13-14H2,1-4H3,(H,24,25). The number of carbonyl (C=O) groups excluding carboxylic acids is 1. The molecule has 1 atom stereocenters. The molecule has 0 spiro atoms. The molecule has 2 aromatic carbocycles. The van der Waals surface area contributed by atoms with Crippen LogP contribution in [0.5, 0.6) is 11.5 Å². The largest absolute Gasteiger partial charge is 0.493 e. The Morgan fingerprint density at radius 1 is 1.00 bits per heavy atom. The first-order valence-electron chi connectivity index (χ1n) is 8.90. The van der Waals surface area contributed by atoms with Crippen molar-refractivity contribution in [2.24, 2.45) is 0 Å². The summed E-state index contributed by atoms with van der Waals surface area (Å²) in [6.45, 7) is 0.366. The van der Waals surface area contributed by atoms with Crippen LogP contribution in [0.2, 0.25) is 0 Å². The molecule has 0 bridgehead atoms. The van der Waals surface area contributed by atoms with Crippen LogP contribution in [0.15, 0.2) is 48.5 Å². The van der Waals surface area contributed by atoms with Crippen molar-refractivity contribution >= 4 is 12.1 Å². The maximum absolute atomic E-state index is 11.6. The Morgan fingerprint density at radius 2 is 1.64 bits per heavy atom. The molecular formula is C21H26N2O5. The fraction of sp³-hybridized carbons (Fsp3) is 0.333. The van der Waals surface area contributed by atoms with Crippen LogP contribution in [-0.4, -0.2) is 61.8 Å². The zero-order chi connectivity index (χ0) is 20.7. The Balaban J connectivity index is 2.02. The third-order valence-corrected chi connectivity index (χ3v) is 4.22. The lowest BCUT2D eigenvalue weighted by molar-refractivity contribution is 0.0691.